The molecule has 1 fully saturated rings. The van der Waals surface area contributed by atoms with Crippen molar-refractivity contribution in [2.45, 2.75) is 25.1 Å². The number of piperazine rings is 1. The number of rotatable bonds is 3. The van der Waals surface area contributed by atoms with E-state index in [1.54, 1.807) is 6.92 Å². The Morgan fingerprint density at radius 1 is 1.50 bits per heavy atom. The fraction of sp³-hybridized carbons (Fsp3) is 0.636. The Bertz CT molecular complexity index is 491. The zero-order chi connectivity index (χ0) is 13.2. The van der Waals surface area contributed by atoms with E-state index in [1.165, 1.54) is 22.9 Å². The van der Waals surface area contributed by atoms with Crippen molar-refractivity contribution in [3.8, 4) is 0 Å². The summed E-state index contributed by atoms with van der Waals surface area (Å²) in [6, 6.07) is 0.183. The van der Waals surface area contributed by atoms with Crippen LogP contribution < -0.4 is 5.32 Å². The van der Waals surface area contributed by atoms with Crippen LogP contribution in [0.5, 0.6) is 0 Å². The monoisotopic (exact) mass is 270 g/mol. The van der Waals surface area contributed by atoms with Crippen molar-refractivity contribution >= 4 is 10.0 Å². The van der Waals surface area contributed by atoms with Crippen LogP contribution in [0, 0.1) is 0 Å². The first kappa shape index (κ1) is 13.4. The summed E-state index contributed by atoms with van der Waals surface area (Å²) in [5.41, 5.74) is 0.490. The third kappa shape index (κ3) is 2.68. The molecule has 0 amide bonds. The van der Waals surface area contributed by atoms with Crippen molar-refractivity contribution in [2.75, 3.05) is 19.6 Å². The van der Waals surface area contributed by atoms with Crippen molar-refractivity contribution in [2.24, 2.45) is 0 Å². The molecule has 0 radical (unpaired) electrons. The van der Waals surface area contributed by atoms with E-state index in [2.05, 4.69) is 15.3 Å². The smallest absolute Gasteiger partial charge is 0.222 e. The van der Waals surface area contributed by atoms with Crippen LogP contribution >= 0.6 is 0 Å². The summed E-state index contributed by atoms with van der Waals surface area (Å²) in [7, 11) is -3.36. The molecule has 18 heavy (non-hydrogen) atoms. The predicted molar refractivity (Wildman–Crippen MR) is 68.4 cm³/mol. The van der Waals surface area contributed by atoms with Crippen LogP contribution in [0.3, 0.4) is 0 Å². The van der Waals surface area contributed by atoms with Gasteiger partial charge in [0.25, 0.3) is 0 Å². The van der Waals surface area contributed by atoms with E-state index in [0.29, 0.717) is 25.3 Å². The van der Waals surface area contributed by atoms with Gasteiger partial charge in [-0.3, -0.25) is 9.97 Å². The molecule has 0 aliphatic carbocycles. The molecule has 1 aliphatic heterocycles. The van der Waals surface area contributed by atoms with Crippen molar-refractivity contribution in [1.82, 2.24) is 19.6 Å². The molecule has 1 saturated heterocycles. The van der Waals surface area contributed by atoms with Gasteiger partial charge in [-0.1, -0.05) is 0 Å². The average molecular weight is 270 g/mol. The predicted octanol–water partition coefficient (Wildman–Crippen LogP) is 0.161. The lowest BCUT2D eigenvalue weighted by molar-refractivity contribution is 0.307. The van der Waals surface area contributed by atoms with Gasteiger partial charge in [-0.2, -0.15) is 4.31 Å². The van der Waals surface area contributed by atoms with Crippen LogP contribution in [0.2, 0.25) is 0 Å². The van der Waals surface area contributed by atoms with Gasteiger partial charge in [-0.15, -0.1) is 0 Å². The summed E-state index contributed by atoms with van der Waals surface area (Å²) in [6.45, 7) is 5.35. The molecule has 100 valence electrons. The second-order valence-electron chi connectivity index (χ2n) is 4.53. The molecule has 0 aromatic carbocycles. The molecule has 2 rings (SSSR count). The molecule has 1 aromatic rings. The summed E-state index contributed by atoms with van der Waals surface area (Å²) in [6.07, 6.45) is 4.56. The number of nitrogens with one attached hydrogen (secondary N) is 1. The minimum Gasteiger partial charge on any atom is -0.312 e. The topological polar surface area (TPSA) is 75.2 Å². The summed E-state index contributed by atoms with van der Waals surface area (Å²) < 4.78 is 26.5. The molecule has 2 heterocycles. The first-order valence-electron chi connectivity index (χ1n) is 6.00. The van der Waals surface area contributed by atoms with Gasteiger partial charge >= 0.3 is 0 Å². The number of hydrogen-bond donors (Lipinski definition) is 1. The highest BCUT2D eigenvalue weighted by Gasteiger charge is 2.33. The number of sulfonamides is 1. The molecule has 1 N–H and O–H groups in total. The van der Waals surface area contributed by atoms with Crippen molar-refractivity contribution < 1.29 is 8.42 Å². The van der Waals surface area contributed by atoms with E-state index in [0.717, 1.165) is 0 Å². The first-order valence-corrected chi connectivity index (χ1v) is 7.50. The standard InChI is InChI=1S/C11H18N4O2S/c1-9-8-15(6-5-13-9)18(16,17)10(2)11-7-12-3-4-14-11/h3-4,7,9-10,13H,5-6,8H2,1-2H3/t9-,10-/m1/s1. The third-order valence-electron chi connectivity index (χ3n) is 3.14. The van der Waals surface area contributed by atoms with E-state index in [9.17, 15) is 8.42 Å². The highest BCUT2D eigenvalue weighted by atomic mass is 32.2. The highest BCUT2D eigenvalue weighted by molar-refractivity contribution is 7.89. The van der Waals surface area contributed by atoms with Gasteiger partial charge in [0.05, 0.1) is 5.69 Å². The molecule has 0 bridgehead atoms. The lowest BCUT2D eigenvalue weighted by Crippen LogP contribution is -2.52. The second-order valence-corrected chi connectivity index (χ2v) is 6.78. The van der Waals surface area contributed by atoms with Gasteiger partial charge in [0.2, 0.25) is 10.0 Å². The van der Waals surface area contributed by atoms with E-state index < -0.39 is 15.3 Å². The van der Waals surface area contributed by atoms with E-state index in [4.69, 9.17) is 0 Å². The maximum absolute atomic E-state index is 12.5. The minimum absolute atomic E-state index is 0.183. The molecule has 6 nitrogen and oxygen atoms in total. The Balaban J connectivity index is 2.20. The molecule has 0 spiro atoms. The Hall–Kier alpha value is -1.05. The Kier molecular flexibility index (Phi) is 3.94. The molecule has 0 saturated carbocycles. The largest absolute Gasteiger partial charge is 0.312 e. The lowest BCUT2D eigenvalue weighted by atomic mass is 10.3. The Labute approximate surface area is 107 Å². The van der Waals surface area contributed by atoms with E-state index in [1.807, 2.05) is 6.92 Å². The van der Waals surface area contributed by atoms with Gasteiger partial charge in [-0.05, 0) is 13.8 Å². The lowest BCUT2D eigenvalue weighted by Gasteiger charge is -2.32. The van der Waals surface area contributed by atoms with Crippen LogP contribution in [0.25, 0.3) is 0 Å². The van der Waals surface area contributed by atoms with Crippen molar-refractivity contribution in [3.05, 3.63) is 24.3 Å². The Morgan fingerprint density at radius 2 is 2.28 bits per heavy atom. The van der Waals surface area contributed by atoms with Crippen LogP contribution in [0.15, 0.2) is 18.6 Å². The van der Waals surface area contributed by atoms with Crippen molar-refractivity contribution in [3.63, 3.8) is 0 Å². The summed E-state index contributed by atoms with van der Waals surface area (Å²) in [4.78, 5) is 8.00. The van der Waals surface area contributed by atoms with Crippen molar-refractivity contribution in [1.29, 1.82) is 0 Å². The SMILES string of the molecule is C[C@@H]1CN(S(=O)(=O)[C@H](C)c2cnccn2)CCN1. The molecule has 0 unspecified atom stereocenters. The summed E-state index contributed by atoms with van der Waals surface area (Å²) >= 11 is 0. The maximum atomic E-state index is 12.5. The Morgan fingerprint density at radius 3 is 2.89 bits per heavy atom. The van der Waals surface area contributed by atoms with Gasteiger partial charge in [0.1, 0.15) is 5.25 Å². The normalized spacial score (nSPS) is 23.8. The second kappa shape index (κ2) is 5.29. The molecular weight excluding hydrogens is 252 g/mol. The van der Waals surface area contributed by atoms with Crippen LogP contribution in [-0.2, 0) is 10.0 Å². The van der Waals surface area contributed by atoms with Gasteiger partial charge < -0.3 is 5.32 Å². The van der Waals surface area contributed by atoms with Gasteiger partial charge in [-0.25, -0.2) is 8.42 Å². The number of hydrogen-bond acceptors (Lipinski definition) is 5. The van der Waals surface area contributed by atoms with Gasteiger partial charge in [0.15, 0.2) is 0 Å². The fourth-order valence-electron chi connectivity index (χ4n) is 2.02. The zero-order valence-corrected chi connectivity index (χ0v) is 11.4. The van der Waals surface area contributed by atoms with Crippen LogP contribution in [0.1, 0.15) is 24.8 Å². The molecule has 1 aromatic heterocycles. The quantitative estimate of drug-likeness (QED) is 0.847. The maximum Gasteiger partial charge on any atom is 0.222 e. The summed E-state index contributed by atoms with van der Waals surface area (Å²) in [5, 5.41) is 2.57. The van der Waals surface area contributed by atoms with Crippen LogP contribution in [-0.4, -0.2) is 48.4 Å². The molecule has 7 heteroatoms. The van der Waals surface area contributed by atoms with E-state index >= 15 is 0 Å². The van der Waals surface area contributed by atoms with Gasteiger partial charge in [0, 0.05) is 44.3 Å². The number of aromatic nitrogens is 2. The fourth-order valence-corrected chi connectivity index (χ4v) is 3.68. The van der Waals surface area contributed by atoms with E-state index in [-0.39, 0.29) is 6.04 Å². The first-order chi connectivity index (χ1) is 8.51. The molecular formula is C11H18N4O2S. The average Bonchev–Trinajstić information content (AvgIpc) is 2.39. The third-order valence-corrected chi connectivity index (χ3v) is 5.32. The zero-order valence-electron chi connectivity index (χ0n) is 10.6. The highest BCUT2D eigenvalue weighted by Crippen LogP contribution is 2.23. The molecule has 1 aliphatic rings. The minimum atomic E-state index is -3.36. The van der Waals surface area contributed by atoms with Crippen LogP contribution in [0.4, 0.5) is 0 Å². The summed E-state index contributed by atoms with van der Waals surface area (Å²) in [5.74, 6) is 0. The molecule has 2 atom stereocenters. The number of nitrogens with zero attached hydrogens (tertiary/aromatic N) is 3.